The molecular weight excluding hydrogens is 354 g/mol. The largest absolute Gasteiger partial charge is 0.491 e. The van der Waals surface area contributed by atoms with Crippen molar-refractivity contribution in [1.82, 2.24) is 0 Å². The van der Waals surface area contributed by atoms with Gasteiger partial charge in [0.1, 0.15) is 18.1 Å². The Bertz CT molecular complexity index is 919. The van der Waals surface area contributed by atoms with Crippen LogP contribution in [0, 0.1) is 5.41 Å². The third-order valence-electron chi connectivity index (χ3n) is 4.71. The summed E-state index contributed by atoms with van der Waals surface area (Å²) in [5, 5.41) is 0. The molecule has 0 amide bonds. The van der Waals surface area contributed by atoms with Crippen LogP contribution in [0.15, 0.2) is 42.5 Å². The van der Waals surface area contributed by atoms with Gasteiger partial charge < -0.3 is 15.2 Å². The summed E-state index contributed by atoms with van der Waals surface area (Å²) in [4.78, 5) is 25.5. The third-order valence-corrected chi connectivity index (χ3v) is 4.71. The number of nitrogens with two attached hydrogens (primary N) is 1. The first-order valence-corrected chi connectivity index (χ1v) is 9.39. The summed E-state index contributed by atoms with van der Waals surface area (Å²) in [7, 11) is 0. The molecule has 5 nitrogen and oxygen atoms in total. The molecule has 28 heavy (non-hydrogen) atoms. The smallest absolute Gasteiger partial charge is 0.194 e. The monoisotopic (exact) mass is 381 g/mol. The Hall–Kier alpha value is -2.50. The van der Waals surface area contributed by atoms with Crippen molar-refractivity contribution in [2.75, 3.05) is 6.61 Å². The van der Waals surface area contributed by atoms with Gasteiger partial charge in [0.2, 0.25) is 0 Å². The van der Waals surface area contributed by atoms with Crippen LogP contribution in [0.4, 0.5) is 0 Å². The van der Waals surface area contributed by atoms with E-state index in [0.717, 1.165) is 0 Å². The molecule has 1 aliphatic carbocycles. The second kappa shape index (κ2) is 7.15. The van der Waals surface area contributed by atoms with Crippen LogP contribution in [0.25, 0.3) is 0 Å². The van der Waals surface area contributed by atoms with Gasteiger partial charge in [-0.2, -0.15) is 0 Å². The first kappa shape index (κ1) is 20.2. The van der Waals surface area contributed by atoms with Gasteiger partial charge in [-0.3, -0.25) is 9.59 Å². The van der Waals surface area contributed by atoms with Gasteiger partial charge in [0.05, 0.1) is 6.10 Å². The molecule has 1 atom stereocenters. The summed E-state index contributed by atoms with van der Waals surface area (Å²) < 4.78 is 11.9. The minimum atomic E-state index is -0.788. The van der Waals surface area contributed by atoms with Crippen LogP contribution in [0.2, 0.25) is 0 Å². The van der Waals surface area contributed by atoms with Crippen LogP contribution >= 0.6 is 0 Å². The van der Waals surface area contributed by atoms with Crippen molar-refractivity contribution in [2.45, 2.75) is 46.4 Å². The van der Waals surface area contributed by atoms with Gasteiger partial charge in [0.15, 0.2) is 11.6 Å². The molecule has 0 heterocycles. The maximum absolute atomic E-state index is 12.8. The molecular formula is C23H27NO4. The van der Waals surface area contributed by atoms with E-state index in [1.54, 1.807) is 56.3 Å². The maximum Gasteiger partial charge on any atom is 0.194 e. The molecule has 148 valence electrons. The highest BCUT2D eigenvalue weighted by Crippen LogP contribution is 2.31. The molecule has 0 saturated heterocycles. The standard InChI is InChI=1S/C23H27NO4/c1-22(2,3)19(28-23(4,5)24)13-27-14-10-11-17-18(12-14)21(26)16-9-7-6-8-15(16)20(17)25/h6-12,19H,13,24H2,1-5H3. The van der Waals surface area contributed by atoms with Crippen molar-refractivity contribution >= 4 is 11.6 Å². The molecule has 2 N–H and O–H groups in total. The zero-order valence-corrected chi connectivity index (χ0v) is 17.0. The summed E-state index contributed by atoms with van der Waals surface area (Å²) >= 11 is 0. The van der Waals surface area contributed by atoms with Crippen molar-refractivity contribution in [3.63, 3.8) is 0 Å². The van der Waals surface area contributed by atoms with E-state index in [9.17, 15) is 9.59 Å². The van der Waals surface area contributed by atoms with Gasteiger partial charge in [0.25, 0.3) is 0 Å². The van der Waals surface area contributed by atoms with E-state index in [2.05, 4.69) is 20.8 Å². The van der Waals surface area contributed by atoms with E-state index in [4.69, 9.17) is 15.2 Å². The molecule has 0 bridgehead atoms. The lowest BCUT2D eigenvalue weighted by Gasteiger charge is -2.35. The summed E-state index contributed by atoms with van der Waals surface area (Å²) in [6.07, 6.45) is -0.249. The lowest BCUT2D eigenvalue weighted by Crippen LogP contribution is -2.46. The highest BCUT2D eigenvalue weighted by molar-refractivity contribution is 6.28. The first-order chi connectivity index (χ1) is 13.0. The van der Waals surface area contributed by atoms with Crippen LogP contribution in [0.1, 0.15) is 66.5 Å². The van der Waals surface area contributed by atoms with Gasteiger partial charge in [-0.15, -0.1) is 0 Å². The number of hydrogen-bond donors (Lipinski definition) is 1. The Balaban J connectivity index is 1.84. The van der Waals surface area contributed by atoms with Crippen molar-refractivity contribution in [3.8, 4) is 5.75 Å². The zero-order chi connectivity index (χ0) is 20.7. The van der Waals surface area contributed by atoms with Crippen LogP contribution in [0.5, 0.6) is 5.75 Å². The fourth-order valence-corrected chi connectivity index (χ4v) is 3.17. The van der Waals surface area contributed by atoms with Crippen LogP contribution in [-0.2, 0) is 4.74 Å². The van der Waals surface area contributed by atoms with E-state index in [-0.39, 0.29) is 29.7 Å². The van der Waals surface area contributed by atoms with Gasteiger partial charge in [-0.05, 0) is 37.5 Å². The molecule has 1 aliphatic rings. The molecule has 3 rings (SSSR count). The molecule has 1 unspecified atom stereocenters. The van der Waals surface area contributed by atoms with E-state index >= 15 is 0 Å². The molecule has 0 aliphatic heterocycles. The van der Waals surface area contributed by atoms with Gasteiger partial charge >= 0.3 is 0 Å². The average Bonchev–Trinajstić information content (AvgIpc) is 2.61. The summed E-state index contributed by atoms with van der Waals surface area (Å²) in [5.74, 6) is 0.215. The van der Waals surface area contributed by atoms with Crippen molar-refractivity contribution in [1.29, 1.82) is 0 Å². The molecule has 0 spiro atoms. The van der Waals surface area contributed by atoms with E-state index in [1.165, 1.54) is 0 Å². The molecule has 0 saturated carbocycles. The molecule has 0 radical (unpaired) electrons. The first-order valence-electron chi connectivity index (χ1n) is 9.39. The number of carbonyl (C=O) groups is 2. The topological polar surface area (TPSA) is 78.6 Å². The number of ketones is 2. The Morgan fingerprint density at radius 1 is 0.857 bits per heavy atom. The predicted octanol–water partition coefficient (Wildman–Crippen LogP) is 3.97. The number of carbonyl (C=O) groups excluding carboxylic acids is 2. The van der Waals surface area contributed by atoms with Crippen LogP contribution < -0.4 is 10.5 Å². The molecule has 2 aromatic rings. The maximum atomic E-state index is 12.8. The highest BCUT2D eigenvalue weighted by Gasteiger charge is 2.32. The predicted molar refractivity (Wildman–Crippen MR) is 108 cm³/mol. The minimum absolute atomic E-state index is 0.141. The zero-order valence-electron chi connectivity index (χ0n) is 17.0. The second-order valence-corrected chi connectivity index (χ2v) is 8.80. The minimum Gasteiger partial charge on any atom is -0.491 e. The Morgan fingerprint density at radius 2 is 1.39 bits per heavy atom. The van der Waals surface area contributed by atoms with E-state index < -0.39 is 5.72 Å². The molecule has 0 aromatic heterocycles. The van der Waals surface area contributed by atoms with Gasteiger partial charge in [0, 0.05) is 22.3 Å². The summed E-state index contributed by atoms with van der Waals surface area (Å²) in [5.41, 5.74) is 6.69. The van der Waals surface area contributed by atoms with Gasteiger partial charge in [-0.1, -0.05) is 45.0 Å². The Morgan fingerprint density at radius 3 is 1.93 bits per heavy atom. The van der Waals surface area contributed by atoms with E-state index in [1.807, 2.05) is 0 Å². The molecule has 2 aromatic carbocycles. The molecule has 5 heteroatoms. The van der Waals surface area contributed by atoms with E-state index in [0.29, 0.717) is 28.0 Å². The lowest BCUT2D eigenvalue weighted by atomic mass is 9.84. The normalized spacial score (nSPS) is 15.1. The van der Waals surface area contributed by atoms with Crippen LogP contribution in [-0.4, -0.2) is 30.0 Å². The number of fused-ring (bicyclic) bond motifs is 2. The van der Waals surface area contributed by atoms with Crippen molar-refractivity contribution in [3.05, 3.63) is 64.7 Å². The fourth-order valence-electron chi connectivity index (χ4n) is 3.17. The van der Waals surface area contributed by atoms with Gasteiger partial charge in [-0.25, -0.2) is 0 Å². The van der Waals surface area contributed by atoms with Crippen molar-refractivity contribution < 1.29 is 19.1 Å². The number of hydrogen-bond acceptors (Lipinski definition) is 5. The summed E-state index contributed by atoms with van der Waals surface area (Å²) in [6, 6.07) is 11.9. The lowest BCUT2D eigenvalue weighted by molar-refractivity contribution is -0.125. The van der Waals surface area contributed by atoms with Crippen LogP contribution in [0.3, 0.4) is 0 Å². The quantitative estimate of drug-likeness (QED) is 0.677. The Kier molecular flexibility index (Phi) is 5.17. The second-order valence-electron chi connectivity index (χ2n) is 8.80. The summed E-state index contributed by atoms with van der Waals surface area (Å²) in [6.45, 7) is 10.0. The SMILES string of the molecule is CC(C)(N)OC(COc1ccc2c(c1)C(=O)c1ccccc1C2=O)C(C)(C)C. The fraction of sp³-hybridized carbons (Fsp3) is 0.391. The number of benzene rings is 2. The third kappa shape index (κ3) is 4.16. The molecule has 0 fully saturated rings. The highest BCUT2D eigenvalue weighted by atomic mass is 16.6. The number of ether oxygens (including phenoxy) is 2. The van der Waals surface area contributed by atoms with Crippen molar-refractivity contribution in [2.24, 2.45) is 11.1 Å². The average molecular weight is 381 g/mol. The number of rotatable bonds is 5. The Labute approximate surface area is 165 Å².